The summed E-state index contributed by atoms with van der Waals surface area (Å²) in [4.78, 5) is 23.0. The molecule has 0 aliphatic carbocycles. The Morgan fingerprint density at radius 1 is 1.33 bits per heavy atom. The molecule has 30 heavy (non-hydrogen) atoms. The first-order valence-corrected chi connectivity index (χ1v) is 9.39. The summed E-state index contributed by atoms with van der Waals surface area (Å²) in [5, 5.41) is 18.9. The summed E-state index contributed by atoms with van der Waals surface area (Å²) in [5.41, 5.74) is 1.75. The Morgan fingerprint density at radius 2 is 2.03 bits per heavy atom. The minimum atomic E-state index is -4.70. The molecule has 0 saturated heterocycles. The molecular formula is C18H24F3N7O2. The molecule has 1 amide bonds. The molecule has 0 saturated carbocycles. The molecule has 2 aromatic rings. The van der Waals surface area contributed by atoms with E-state index in [0.29, 0.717) is 28.7 Å². The van der Waals surface area contributed by atoms with E-state index in [0.717, 1.165) is 4.68 Å². The standard InChI is InChI=1S/C18H24F3N7O2/c1-9(2)14-16(30)25-13-10(3)24-17(26-15(13)27(14)4)22-5-11-6-23-28(7-11)8-12(29)18(19,20)21/h6-7,9,12,14,29H,5,8H2,1-4H3,(H,25,30)(H,22,24,26). The molecular weight excluding hydrogens is 403 g/mol. The summed E-state index contributed by atoms with van der Waals surface area (Å²) in [6.07, 6.45) is -4.37. The molecule has 0 aromatic carbocycles. The number of amides is 1. The molecule has 0 radical (unpaired) electrons. The Labute approximate surface area is 171 Å². The summed E-state index contributed by atoms with van der Waals surface area (Å²) in [5.74, 6) is 0.876. The van der Waals surface area contributed by atoms with Crippen molar-refractivity contribution in [1.82, 2.24) is 19.7 Å². The maximum absolute atomic E-state index is 12.5. The Kier molecular flexibility index (Phi) is 5.88. The van der Waals surface area contributed by atoms with Crippen LogP contribution < -0.4 is 15.5 Å². The predicted molar refractivity (Wildman–Crippen MR) is 104 cm³/mol. The zero-order chi connectivity index (χ0) is 22.2. The van der Waals surface area contributed by atoms with Gasteiger partial charge in [-0.05, 0) is 12.8 Å². The van der Waals surface area contributed by atoms with Crippen molar-refractivity contribution < 1.29 is 23.1 Å². The lowest BCUT2D eigenvalue weighted by Crippen LogP contribution is -2.49. The fraction of sp³-hybridized carbons (Fsp3) is 0.556. The second-order valence-electron chi connectivity index (χ2n) is 7.60. The van der Waals surface area contributed by atoms with Gasteiger partial charge in [0, 0.05) is 25.4 Å². The van der Waals surface area contributed by atoms with Crippen LogP contribution in [0.5, 0.6) is 0 Å². The maximum Gasteiger partial charge on any atom is 0.416 e. The minimum absolute atomic E-state index is 0.0766. The van der Waals surface area contributed by atoms with Crippen molar-refractivity contribution in [2.75, 3.05) is 22.6 Å². The highest BCUT2D eigenvalue weighted by Gasteiger charge is 2.38. The Bertz CT molecular complexity index is 929. The number of hydrogen-bond donors (Lipinski definition) is 3. The van der Waals surface area contributed by atoms with Crippen LogP contribution in [0.15, 0.2) is 12.4 Å². The van der Waals surface area contributed by atoms with Gasteiger partial charge >= 0.3 is 6.18 Å². The Balaban J connectivity index is 1.72. The van der Waals surface area contributed by atoms with Crippen LogP contribution in [0.4, 0.5) is 30.6 Å². The van der Waals surface area contributed by atoms with Crippen LogP contribution in [-0.4, -0.2) is 56.1 Å². The van der Waals surface area contributed by atoms with E-state index in [9.17, 15) is 18.0 Å². The molecule has 12 heteroatoms. The second-order valence-corrected chi connectivity index (χ2v) is 7.60. The lowest BCUT2D eigenvalue weighted by molar-refractivity contribution is -0.208. The molecule has 0 fully saturated rings. The molecule has 3 N–H and O–H groups in total. The van der Waals surface area contributed by atoms with Gasteiger partial charge in [0.1, 0.15) is 11.7 Å². The van der Waals surface area contributed by atoms with Crippen LogP contribution in [0.3, 0.4) is 0 Å². The topological polar surface area (TPSA) is 108 Å². The van der Waals surface area contributed by atoms with E-state index in [1.165, 1.54) is 12.4 Å². The molecule has 9 nitrogen and oxygen atoms in total. The van der Waals surface area contributed by atoms with Gasteiger partial charge in [-0.2, -0.15) is 23.3 Å². The number of anilines is 3. The number of likely N-dealkylation sites (N-methyl/N-ethyl adjacent to an activating group) is 1. The zero-order valence-electron chi connectivity index (χ0n) is 17.0. The number of halogens is 3. The van der Waals surface area contributed by atoms with E-state index < -0.39 is 18.8 Å². The summed E-state index contributed by atoms with van der Waals surface area (Å²) in [6.45, 7) is 5.20. The van der Waals surface area contributed by atoms with E-state index in [4.69, 9.17) is 5.11 Å². The quantitative estimate of drug-likeness (QED) is 0.647. The largest absolute Gasteiger partial charge is 0.416 e. The van der Waals surface area contributed by atoms with E-state index in [-0.39, 0.29) is 24.4 Å². The number of aromatic nitrogens is 4. The maximum atomic E-state index is 12.5. The number of aryl methyl sites for hydroxylation is 1. The first-order valence-electron chi connectivity index (χ1n) is 9.39. The fourth-order valence-electron chi connectivity index (χ4n) is 3.35. The van der Waals surface area contributed by atoms with Gasteiger partial charge in [-0.25, -0.2) is 4.98 Å². The SMILES string of the molecule is Cc1nc(NCc2cnn(CC(O)C(F)(F)F)c2)nc2c1NC(=O)C(C(C)C)N2C. The molecule has 0 bridgehead atoms. The third-order valence-corrected chi connectivity index (χ3v) is 4.85. The lowest BCUT2D eigenvalue weighted by atomic mass is 9.99. The average Bonchev–Trinajstić information content (AvgIpc) is 3.07. The van der Waals surface area contributed by atoms with Crippen LogP contribution in [0, 0.1) is 12.8 Å². The Hall–Kier alpha value is -2.89. The first kappa shape index (κ1) is 21.8. The minimum Gasteiger partial charge on any atom is -0.382 e. The third kappa shape index (κ3) is 4.48. The number of carbonyl (C=O) groups excluding carboxylic acids is 1. The van der Waals surface area contributed by atoms with Crippen molar-refractivity contribution in [2.24, 2.45) is 5.92 Å². The number of alkyl halides is 3. The number of nitrogens with one attached hydrogen (secondary N) is 2. The number of rotatable bonds is 6. The van der Waals surface area contributed by atoms with Gasteiger partial charge in [0.2, 0.25) is 11.9 Å². The Morgan fingerprint density at radius 3 is 2.67 bits per heavy atom. The number of hydrogen-bond acceptors (Lipinski definition) is 7. The predicted octanol–water partition coefficient (Wildman–Crippen LogP) is 1.93. The molecule has 0 spiro atoms. The monoisotopic (exact) mass is 427 g/mol. The second kappa shape index (κ2) is 8.09. The van der Waals surface area contributed by atoms with Gasteiger partial charge in [-0.15, -0.1) is 0 Å². The molecule has 2 unspecified atom stereocenters. The smallest absolute Gasteiger partial charge is 0.382 e. The molecule has 1 aliphatic rings. The zero-order valence-corrected chi connectivity index (χ0v) is 17.0. The van der Waals surface area contributed by atoms with E-state index in [1.807, 2.05) is 18.7 Å². The molecule has 3 rings (SSSR count). The fourth-order valence-corrected chi connectivity index (χ4v) is 3.35. The average molecular weight is 427 g/mol. The summed E-state index contributed by atoms with van der Waals surface area (Å²) < 4.78 is 38.4. The van der Waals surface area contributed by atoms with E-state index >= 15 is 0 Å². The van der Waals surface area contributed by atoms with Crippen LogP contribution in [0.1, 0.15) is 25.1 Å². The van der Waals surface area contributed by atoms with Gasteiger partial charge in [-0.3, -0.25) is 9.48 Å². The van der Waals surface area contributed by atoms with Gasteiger partial charge in [0.05, 0.1) is 18.4 Å². The number of nitrogens with zero attached hydrogens (tertiary/aromatic N) is 5. The number of carbonyl (C=O) groups is 1. The summed E-state index contributed by atoms with van der Waals surface area (Å²) in [6, 6.07) is -0.363. The van der Waals surface area contributed by atoms with Crippen molar-refractivity contribution in [3.8, 4) is 0 Å². The van der Waals surface area contributed by atoms with Crippen molar-refractivity contribution in [3.63, 3.8) is 0 Å². The highest BCUT2D eigenvalue weighted by molar-refractivity contribution is 6.03. The highest BCUT2D eigenvalue weighted by Crippen LogP contribution is 2.34. The first-order chi connectivity index (χ1) is 14.0. The normalized spacial score (nSPS) is 17.7. The van der Waals surface area contributed by atoms with Crippen LogP contribution in [-0.2, 0) is 17.9 Å². The number of aliphatic hydroxyl groups is 1. The van der Waals surface area contributed by atoms with Gasteiger partial charge in [0.25, 0.3) is 0 Å². The van der Waals surface area contributed by atoms with Crippen molar-refractivity contribution in [3.05, 3.63) is 23.7 Å². The molecule has 2 aromatic heterocycles. The number of fused-ring (bicyclic) bond motifs is 1. The summed E-state index contributed by atoms with van der Waals surface area (Å²) in [7, 11) is 1.80. The highest BCUT2D eigenvalue weighted by atomic mass is 19.4. The van der Waals surface area contributed by atoms with Gasteiger partial charge in [0.15, 0.2) is 11.9 Å². The van der Waals surface area contributed by atoms with Gasteiger partial charge < -0.3 is 20.6 Å². The number of aliphatic hydroxyl groups excluding tert-OH is 1. The van der Waals surface area contributed by atoms with Crippen LogP contribution >= 0.6 is 0 Å². The van der Waals surface area contributed by atoms with Gasteiger partial charge in [-0.1, -0.05) is 13.8 Å². The molecule has 3 heterocycles. The van der Waals surface area contributed by atoms with Crippen molar-refractivity contribution in [2.45, 2.75) is 52.2 Å². The van der Waals surface area contributed by atoms with Crippen LogP contribution in [0.25, 0.3) is 0 Å². The van der Waals surface area contributed by atoms with Crippen molar-refractivity contribution >= 4 is 23.4 Å². The lowest BCUT2D eigenvalue weighted by Gasteiger charge is -2.36. The van der Waals surface area contributed by atoms with Crippen LogP contribution in [0.2, 0.25) is 0 Å². The molecule has 164 valence electrons. The molecule has 2 atom stereocenters. The molecule has 1 aliphatic heterocycles. The van der Waals surface area contributed by atoms with E-state index in [1.54, 1.807) is 14.0 Å². The summed E-state index contributed by atoms with van der Waals surface area (Å²) >= 11 is 0. The van der Waals surface area contributed by atoms with E-state index in [2.05, 4.69) is 25.7 Å². The van der Waals surface area contributed by atoms with Crippen molar-refractivity contribution in [1.29, 1.82) is 0 Å². The third-order valence-electron chi connectivity index (χ3n) is 4.85.